The van der Waals surface area contributed by atoms with Crippen molar-refractivity contribution in [1.82, 2.24) is 9.80 Å². The summed E-state index contributed by atoms with van der Waals surface area (Å²) in [5.74, 6) is -0.376. The summed E-state index contributed by atoms with van der Waals surface area (Å²) in [6.07, 6.45) is 2.02. The van der Waals surface area contributed by atoms with E-state index in [-0.39, 0.29) is 17.6 Å². The average molecular weight is 418 g/mol. The highest BCUT2D eigenvalue weighted by atomic mass is 32.2. The summed E-state index contributed by atoms with van der Waals surface area (Å²) in [4.78, 5) is 29.1. The number of hydrogen-bond acceptors (Lipinski definition) is 4. The largest absolute Gasteiger partial charge is 0.454 e. The van der Waals surface area contributed by atoms with Gasteiger partial charge in [-0.2, -0.15) is 0 Å². The van der Waals surface area contributed by atoms with E-state index >= 15 is 0 Å². The fourth-order valence-corrected chi connectivity index (χ4v) is 4.66. The molecule has 4 rings (SSSR count). The van der Waals surface area contributed by atoms with Crippen LogP contribution in [0.25, 0.3) is 0 Å². The Bertz CT molecular complexity index is 917. The number of likely N-dealkylation sites (tertiary alicyclic amines) is 1. The maximum Gasteiger partial charge on any atom is 0.255 e. The first-order valence-corrected chi connectivity index (χ1v) is 10.6. The molecule has 1 unspecified atom stereocenters. The summed E-state index contributed by atoms with van der Waals surface area (Å²) in [6, 6.07) is 8.90. The predicted molar refractivity (Wildman–Crippen MR) is 106 cm³/mol. The molecule has 152 valence electrons. The van der Waals surface area contributed by atoms with Gasteiger partial charge in [0.1, 0.15) is 17.6 Å². The van der Waals surface area contributed by atoms with Crippen molar-refractivity contribution < 1.29 is 23.1 Å². The molecule has 0 spiro atoms. The second-order valence-corrected chi connectivity index (χ2v) is 8.02. The van der Waals surface area contributed by atoms with Crippen molar-refractivity contribution in [3.8, 4) is 11.5 Å². The second kappa shape index (κ2) is 8.41. The molecule has 0 aliphatic carbocycles. The molecule has 0 N–H and O–H groups in total. The predicted octanol–water partition coefficient (Wildman–Crippen LogP) is 3.89. The number of halogens is 2. The summed E-state index contributed by atoms with van der Waals surface area (Å²) in [7, 11) is 0. The molecule has 2 amide bonds. The third-order valence-electron chi connectivity index (χ3n) is 5.07. The van der Waals surface area contributed by atoms with E-state index in [1.54, 1.807) is 40.9 Å². The molecule has 0 saturated carbocycles. The minimum Gasteiger partial charge on any atom is -0.454 e. The maximum absolute atomic E-state index is 13.7. The van der Waals surface area contributed by atoms with Crippen molar-refractivity contribution in [3.05, 3.63) is 59.7 Å². The number of carbonyl (C=O) groups is 2. The lowest BCUT2D eigenvalue weighted by Crippen LogP contribution is -2.48. The number of hydrogen-bond donors (Lipinski definition) is 0. The Morgan fingerprint density at radius 1 is 1.03 bits per heavy atom. The number of amides is 2. The van der Waals surface area contributed by atoms with Gasteiger partial charge in [0.2, 0.25) is 5.91 Å². The van der Waals surface area contributed by atoms with Crippen molar-refractivity contribution >= 4 is 23.6 Å². The van der Waals surface area contributed by atoms with Crippen molar-refractivity contribution in [2.45, 2.75) is 18.9 Å². The number of benzene rings is 2. The highest BCUT2D eigenvalue weighted by Crippen LogP contribution is 2.28. The van der Waals surface area contributed by atoms with Gasteiger partial charge in [0.05, 0.1) is 5.88 Å². The van der Waals surface area contributed by atoms with Crippen LogP contribution in [0.5, 0.6) is 11.5 Å². The molecule has 2 aliphatic heterocycles. The van der Waals surface area contributed by atoms with Gasteiger partial charge in [-0.3, -0.25) is 9.59 Å². The van der Waals surface area contributed by atoms with Crippen molar-refractivity contribution in [3.63, 3.8) is 0 Å². The van der Waals surface area contributed by atoms with Gasteiger partial charge in [0.15, 0.2) is 11.6 Å². The van der Waals surface area contributed by atoms with E-state index in [2.05, 4.69) is 0 Å². The van der Waals surface area contributed by atoms with Crippen LogP contribution in [-0.2, 0) is 4.79 Å². The highest BCUT2D eigenvalue weighted by molar-refractivity contribution is 7.99. The van der Waals surface area contributed by atoms with Crippen LogP contribution in [-0.4, -0.2) is 52.4 Å². The molecule has 5 nitrogen and oxygen atoms in total. The van der Waals surface area contributed by atoms with Gasteiger partial charge in [-0.05, 0) is 49.2 Å². The topological polar surface area (TPSA) is 49.9 Å². The summed E-state index contributed by atoms with van der Waals surface area (Å²) in [6.45, 7) is 1.52. The number of ether oxygens (including phenoxy) is 1. The van der Waals surface area contributed by atoms with Crippen molar-refractivity contribution in [2.24, 2.45) is 0 Å². The van der Waals surface area contributed by atoms with E-state index in [0.717, 1.165) is 38.1 Å². The molecular formula is C21H20F2N2O3S. The summed E-state index contributed by atoms with van der Waals surface area (Å²) >= 11 is 1.57. The molecule has 2 saturated heterocycles. The SMILES string of the molecule is O=C(C1CSCN1C(=O)c1ccc(Oc2ccc(F)cc2F)cc1)N1CCCC1. The van der Waals surface area contributed by atoms with Crippen LogP contribution in [0, 0.1) is 11.6 Å². The van der Waals surface area contributed by atoms with Gasteiger partial charge < -0.3 is 14.5 Å². The first-order chi connectivity index (χ1) is 14.0. The first kappa shape index (κ1) is 19.7. The molecule has 0 aromatic heterocycles. The Morgan fingerprint density at radius 2 is 1.76 bits per heavy atom. The van der Waals surface area contributed by atoms with E-state index < -0.39 is 17.7 Å². The molecule has 2 fully saturated rings. The van der Waals surface area contributed by atoms with Crippen LogP contribution in [0.2, 0.25) is 0 Å². The lowest BCUT2D eigenvalue weighted by atomic mass is 10.1. The van der Waals surface area contributed by atoms with Crippen LogP contribution in [0.15, 0.2) is 42.5 Å². The lowest BCUT2D eigenvalue weighted by Gasteiger charge is -2.27. The lowest BCUT2D eigenvalue weighted by molar-refractivity contribution is -0.133. The van der Waals surface area contributed by atoms with Crippen LogP contribution < -0.4 is 4.74 Å². The van der Waals surface area contributed by atoms with Crippen molar-refractivity contribution in [1.29, 1.82) is 0 Å². The monoisotopic (exact) mass is 418 g/mol. The fourth-order valence-electron chi connectivity index (χ4n) is 3.51. The third kappa shape index (κ3) is 4.22. The van der Waals surface area contributed by atoms with E-state index in [4.69, 9.17) is 4.74 Å². The Kier molecular flexibility index (Phi) is 5.71. The molecule has 1 atom stereocenters. The Morgan fingerprint density at radius 3 is 2.45 bits per heavy atom. The zero-order valence-corrected chi connectivity index (χ0v) is 16.5. The molecule has 2 heterocycles. The minimum atomic E-state index is -0.803. The normalized spacial score (nSPS) is 18.9. The molecule has 8 heteroatoms. The first-order valence-electron chi connectivity index (χ1n) is 9.43. The summed E-state index contributed by atoms with van der Waals surface area (Å²) < 4.78 is 32.1. The number of carbonyl (C=O) groups excluding carboxylic acids is 2. The Labute approximate surface area is 171 Å². The maximum atomic E-state index is 13.7. The van der Waals surface area contributed by atoms with E-state index in [1.807, 2.05) is 4.90 Å². The van der Waals surface area contributed by atoms with Crippen LogP contribution in [0.4, 0.5) is 8.78 Å². The van der Waals surface area contributed by atoms with Gasteiger partial charge >= 0.3 is 0 Å². The minimum absolute atomic E-state index is 0.0209. The van der Waals surface area contributed by atoms with Crippen LogP contribution in [0.1, 0.15) is 23.2 Å². The summed E-state index contributed by atoms with van der Waals surface area (Å²) in [5, 5.41) is 0. The second-order valence-electron chi connectivity index (χ2n) is 7.02. The highest BCUT2D eigenvalue weighted by Gasteiger charge is 2.38. The van der Waals surface area contributed by atoms with E-state index in [9.17, 15) is 18.4 Å². The average Bonchev–Trinajstić information content (AvgIpc) is 3.42. The van der Waals surface area contributed by atoms with Gasteiger partial charge in [-0.15, -0.1) is 11.8 Å². The van der Waals surface area contributed by atoms with Gasteiger partial charge in [-0.1, -0.05) is 0 Å². The number of rotatable bonds is 4. The van der Waals surface area contributed by atoms with Crippen molar-refractivity contribution in [2.75, 3.05) is 24.7 Å². The van der Waals surface area contributed by atoms with Gasteiger partial charge in [0.25, 0.3) is 5.91 Å². The third-order valence-corrected chi connectivity index (χ3v) is 6.08. The zero-order chi connectivity index (χ0) is 20.4. The van der Waals surface area contributed by atoms with Crippen LogP contribution >= 0.6 is 11.8 Å². The molecule has 29 heavy (non-hydrogen) atoms. The molecule has 2 aromatic carbocycles. The smallest absolute Gasteiger partial charge is 0.255 e. The fraction of sp³-hybridized carbons (Fsp3) is 0.333. The van der Waals surface area contributed by atoms with E-state index in [1.165, 1.54) is 6.07 Å². The molecule has 2 aromatic rings. The molecule has 2 aliphatic rings. The molecule has 0 radical (unpaired) electrons. The zero-order valence-electron chi connectivity index (χ0n) is 15.6. The Balaban J connectivity index is 1.45. The Hall–Kier alpha value is -2.61. The number of nitrogens with zero attached hydrogens (tertiary/aromatic N) is 2. The summed E-state index contributed by atoms with van der Waals surface area (Å²) in [5.41, 5.74) is 0.429. The van der Waals surface area contributed by atoms with Gasteiger partial charge in [-0.25, -0.2) is 8.78 Å². The van der Waals surface area contributed by atoms with Gasteiger partial charge in [0, 0.05) is 30.5 Å². The number of thioether (sulfide) groups is 1. The van der Waals surface area contributed by atoms with E-state index in [0.29, 0.717) is 22.9 Å². The molecular weight excluding hydrogens is 398 g/mol. The standard InChI is InChI=1S/C21H20F2N2O3S/c22-15-5-8-19(17(23)11-15)28-16-6-3-14(4-7-16)20(26)25-13-29-12-18(25)21(27)24-9-1-2-10-24/h3-8,11,18H,1-2,9-10,12-13H2. The quantitative estimate of drug-likeness (QED) is 0.756. The van der Waals surface area contributed by atoms with Crippen LogP contribution in [0.3, 0.4) is 0 Å². The molecule has 0 bridgehead atoms.